The highest BCUT2D eigenvalue weighted by molar-refractivity contribution is 7.98. The minimum Gasteiger partial charge on any atom is -0.302 e. The van der Waals surface area contributed by atoms with Crippen molar-refractivity contribution < 1.29 is 0 Å². The van der Waals surface area contributed by atoms with E-state index >= 15 is 0 Å². The molecule has 22 heavy (non-hydrogen) atoms. The van der Waals surface area contributed by atoms with E-state index in [9.17, 15) is 0 Å². The van der Waals surface area contributed by atoms with Crippen LogP contribution in [-0.4, -0.2) is 48.8 Å². The molecule has 0 spiro atoms. The zero-order chi connectivity index (χ0) is 15.4. The van der Waals surface area contributed by atoms with Crippen molar-refractivity contribution in [1.29, 1.82) is 0 Å². The molecule has 0 aromatic heterocycles. The molecule has 1 aromatic carbocycles. The molecule has 2 aliphatic rings. The third kappa shape index (κ3) is 4.06. The van der Waals surface area contributed by atoms with Crippen molar-refractivity contribution in [2.24, 2.45) is 5.92 Å². The molecule has 2 aliphatic heterocycles. The average molecular weight is 319 g/mol. The summed E-state index contributed by atoms with van der Waals surface area (Å²) in [5.41, 5.74) is 1.45. The number of fused-ring (bicyclic) bond motifs is 1. The van der Waals surface area contributed by atoms with Gasteiger partial charge < -0.3 is 9.80 Å². The highest BCUT2D eigenvalue weighted by atomic mass is 32.2. The Morgan fingerprint density at radius 2 is 2.05 bits per heavy atom. The Labute approximate surface area is 140 Å². The minimum absolute atomic E-state index is 0.863. The van der Waals surface area contributed by atoms with Crippen LogP contribution in [0.1, 0.15) is 37.7 Å². The first-order chi connectivity index (χ1) is 10.8. The van der Waals surface area contributed by atoms with Crippen molar-refractivity contribution in [2.45, 2.75) is 49.6 Å². The van der Waals surface area contributed by atoms with Crippen LogP contribution in [0.15, 0.2) is 29.2 Å². The van der Waals surface area contributed by atoms with E-state index in [2.05, 4.69) is 47.4 Å². The quantitative estimate of drug-likeness (QED) is 0.755. The van der Waals surface area contributed by atoms with Gasteiger partial charge in [0.05, 0.1) is 0 Å². The lowest BCUT2D eigenvalue weighted by Gasteiger charge is -2.45. The van der Waals surface area contributed by atoms with E-state index in [1.807, 2.05) is 11.8 Å². The standard InChI is InChI=1S/C19H30N2S/c1-20(14-16-7-5-9-18(13-16)22-2)15-17-8-6-12-21-11-4-3-10-19(17)21/h5,7,9,13,17,19H,3-4,6,8,10-12,14-15H2,1-2H3/t17-,19+/m0/s1. The molecule has 0 saturated carbocycles. The van der Waals surface area contributed by atoms with E-state index < -0.39 is 0 Å². The summed E-state index contributed by atoms with van der Waals surface area (Å²) >= 11 is 1.84. The van der Waals surface area contributed by atoms with Crippen LogP contribution in [0.4, 0.5) is 0 Å². The number of benzene rings is 1. The summed E-state index contributed by atoms with van der Waals surface area (Å²) in [6.07, 6.45) is 9.27. The highest BCUT2D eigenvalue weighted by Crippen LogP contribution is 2.31. The SMILES string of the molecule is CSc1cccc(CN(C)C[C@@H]2CCCN3CCCC[C@H]23)c1. The molecule has 2 fully saturated rings. The van der Waals surface area contributed by atoms with Gasteiger partial charge in [0.25, 0.3) is 0 Å². The molecular weight excluding hydrogens is 288 g/mol. The van der Waals surface area contributed by atoms with Crippen molar-refractivity contribution in [3.8, 4) is 0 Å². The summed E-state index contributed by atoms with van der Waals surface area (Å²) in [6.45, 7) is 5.03. The zero-order valence-corrected chi connectivity index (χ0v) is 14.9. The monoisotopic (exact) mass is 318 g/mol. The lowest BCUT2D eigenvalue weighted by atomic mass is 9.83. The number of nitrogens with zero attached hydrogens (tertiary/aromatic N) is 2. The maximum absolute atomic E-state index is 2.78. The molecule has 3 heteroatoms. The second-order valence-electron chi connectivity index (χ2n) is 7.05. The Morgan fingerprint density at radius 3 is 2.91 bits per heavy atom. The predicted molar refractivity (Wildman–Crippen MR) is 96.5 cm³/mol. The lowest BCUT2D eigenvalue weighted by Crippen LogP contribution is -2.50. The van der Waals surface area contributed by atoms with E-state index in [4.69, 9.17) is 0 Å². The summed E-state index contributed by atoms with van der Waals surface area (Å²) in [6, 6.07) is 9.87. The van der Waals surface area contributed by atoms with Crippen LogP contribution in [0.25, 0.3) is 0 Å². The minimum atomic E-state index is 0.863. The van der Waals surface area contributed by atoms with Gasteiger partial charge in [-0.1, -0.05) is 18.6 Å². The fourth-order valence-electron chi connectivity index (χ4n) is 4.34. The molecule has 2 atom stereocenters. The van der Waals surface area contributed by atoms with Gasteiger partial charge in [-0.15, -0.1) is 11.8 Å². The van der Waals surface area contributed by atoms with E-state index in [-0.39, 0.29) is 0 Å². The van der Waals surface area contributed by atoms with Crippen molar-refractivity contribution >= 4 is 11.8 Å². The molecule has 0 N–H and O–H groups in total. The van der Waals surface area contributed by atoms with Crippen LogP contribution in [0.3, 0.4) is 0 Å². The average Bonchev–Trinajstić information content (AvgIpc) is 2.55. The first-order valence-corrected chi connectivity index (χ1v) is 10.0. The van der Waals surface area contributed by atoms with Gasteiger partial charge in [-0.05, 0) is 75.7 Å². The van der Waals surface area contributed by atoms with E-state index in [1.54, 1.807) is 0 Å². The van der Waals surface area contributed by atoms with Crippen LogP contribution < -0.4 is 0 Å². The Hall–Kier alpha value is -0.510. The third-order valence-electron chi connectivity index (χ3n) is 5.36. The first kappa shape index (κ1) is 16.4. The second kappa shape index (κ2) is 7.85. The van der Waals surface area contributed by atoms with Gasteiger partial charge in [0.15, 0.2) is 0 Å². The zero-order valence-electron chi connectivity index (χ0n) is 14.1. The summed E-state index contributed by atoms with van der Waals surface area (Å²) in [4.78, 5) is 6.70. The second-order valence-corrected chi connectivity index (χ2v) is 7.93. The van der Waals surface area contributed by atoms with Gasteiger partial charge in [0.2, 0.25) is 0 Å². The summed E-state index contributed by atoms with van der Waals surface area (Å²) < 4.78 is 0. The maximum Gasteiger partial charge on any atom is 0.0231 e. The molecule has 0 unspecified atom stereocenters. The Kier molecular flexibility index (Phi) is 5.83. The van der Waals surface area contributed by atoms with Gasteiger partial charge in [-0.25, -0.2) is 0 Å². The molecule has 2 heterocycles. The first-order valence-electron chi connectivity index (χ1n) is 8.82. The van der Waals surface area contributed by atoms with Crippen molar-refractivity contribution in [2.75, 3.05) is 32.9 Å². The van der Waals surface area contributed by atoms with Crippen molar-refractivity contribution in [1.82, 2.24) is 9.80 Å². The fourth-order valence-corrected chi connectivity index (χ4v) is 4.82. The molecule has 3 rings (SSSR count). The Balaban J connectivity index is 1.57. The number of piperidine rings is 2. The Bertz CT molecular complexity index is 474. The number of hydrogen-bond donors (Lipinski definition) is 0. The lowest BCUT2D eigenvalue weighted by molar-refractivity contribution is 0.0435. The number of rotatable bonds is 5. The van der Waals surface area contributed by atoms with E-state index in [0.717, 1.165) is 18.5 Å². The van der Waals surface area contributed by atoms with Gasteiger partial charge in [-0.2, -0.15) is 0 Å². The summed E-state index contributed by atoms with van der Waals surface area (Å²) in [7, 11) is 2.30. The molecular formula is C19H30N2S. The topological polar surface area (TPSA) is 6.48 Å². The van der Waals surface area contributed by atoms with E-state index in [1.165, 1.54) is 62.2 Å². The molecule has 122 valence electrons. The van der Waals surface area contributed by atoms with Crippen molar-refractivity contribution in [3.63, 3.8) is 0 Å². The smallest absolute Gasteiger partial charge is 0.0231 e. The molecule has 0 amide bonds. The van der Waals surface area contributed by atoms with Gasteiger partial charge >= 0.3 is 0 Å². The van der Waals surface area contributed by atoms with Crippen LogP contribution >= 0.6 is 11.8 Å². The Morgan fingerprint density at radius 1 is 1.18 bits per heavy atom. The normalized spacial score (nSPS) is 26.1. The van der Waals surface area contributed by atoms with Gasteiger partial charge in [-0.3, -0.25) is 0 Å². The number of hydrogen-bond acceptors (Lipinski definition) is 3. The highest BCUT2D eigenvalue weighted by Gasteiger charge is 2.33. The van der Waals surface area contributed by atoms with Crippen molar-refractivity contribution in [3.05, 3.63) is 29.8 Å². The van der Waals surface area contributed by atoms with Gasteiger partial charge in [0.1, 0.15) is 0 Å². The predicted octanol–water partition coefficient (Wildman–Crippen LogP) is 4.10. The van der Waals surface area contributed by atoms with Crippen LogP contribution in [0.2, 0.25) is 0 Å². The molecule has 2 nitrogen and oxygen atoms in total. The van der Waals surface area contributed by atoms with Crippen LogP contribution in [0, 0.1) is 5.92 Å². The largest absolute Gasteiger partial charge is 0.302 e. The number of thioether (sulfide) groups is 1. The third-order valence-corrected chi connectivity index (χ3v) is 6.09. The molecule has 0 radical (unpaired) electrons. The fraction of sp³-hybridized carbons (Fsp3) is 0.684. The molecule has 1 aromatic rings. The van der Waals surface area contributed by atoms with Gasteiger partial charge in [0, 0.05) is 24.0 Å². The van der Waals surface area contributed by atoms with Crippen LogP contribution in [-0.2, 0) is 6.54 Å². The molecule has 0 bridgehead atoms. The maximum atomic E-state index is 2.78. The summed E-state index contributed by atoms with van der Waals surface area (Å²) in [5.74, 6) is 0.878. The molecule has 2 saturated heterocycles. The van der Waals surface area contributed by atoms with Crippen LogP contribution in [0.5, 0.6) is 0 Å². The molecule has 0 aliphatic carbocycles. The summed E-state index contributed by atoms with van der Waals surface area (Å²) in [5, 5.41) is 0. The van der Waals surface area contributed by atoms with E-state index in [0.29, 0.717) is 0 Å².